The van der Waals surface area contributed by atoms with Gasteiger partial charge in [-0.25, -0.2) is 8.78 Å². The number of benzene rings is 2. The minimum atomic E-state index is -0.445. The highest BCUT2D eigenvalue weighted by Gasteiger charge is 2.30. The van der Waals surface area contributed by atoms with Gasteiger partial charge in [0.25, 0.3) is 0 Å². The van der Waals surface area contributed by atoms with E-state index in [9.17, 15) is 13.6 Å². The smallest absolute Gasteiger partial charge is 0.224 e. The van der Waals surface area contributed by atoms with Crippen LogP contribution in [0.2, 0.25) is 0 Å². The molecule has 0 saturated carbocycles. The standard InChI is InChI=1S/C21H24F2N2O2/c22-16-6-3-8-19(12-16)27-14-18-7-4-10-25(18)21(26)13-17(24)11-15-5-1-2-9-20(15)23/h1-3,5-6,8-9,12,17-18H,4,7,10-11,13-14,24H2/t17-,18+/m1/s1. The Morgan fingerprint density at radius 1 is 1.22 bits per heavy atom. The lowest BCUT2D eigenvalue weighted by Crippen LogP contribution is -2.42. The van der Waals surface area contributed by atoms with Crippen LogP contribution in [0.3, 0.4) is 0 Å². The molecule has 1 saturated heterocycles. The third-order valence-electron chi connectivity index (χ3n) is 4.81. The molecular formula is C21H24F2N2O2. The maximum absolute atomic E-state index is 13.7. The Hall–Kier alpha value is -2.47. The van der Waals surface area contributed by atoms with Crippen molar-refractivity contribution in [1.29, 1.82) is 0 Å². The summed E-state index contributed by atoms with van der Waals surface area (Å²) in [5.74, 6) is -0.261. The molecule has 144 valence electrons. The number of rotatable bonds is 7. The molecule has 2 aromatic carbocycles. The molecule has 1 aliphatic rings. The van der Waals surface area contributed by atoms with Crippen LogP contribution >= 0.6 is 0 Å². The van der Waals surface area contributed by atoms with Gasteiger partial charge in [0.2, 0.25) is 5.91 Å². The number of hydrogen-bond acceptors (Lipinski definition) is 3. The van der Waals surface area contributed by atoms with E-state index in [2.05, 4.69) is 0 Å². The maximum Gasteiger partial charge on any atom is 0.224 e. The minimum Gasteiger partial charge on any atom is -0.491 e. The van der Waals surface area contributed by atoms with Crippen molar-refractivity contribution in [3.8, 4) is 5.75 Å². The fourth-order valence-electron chi connectivity index (χ4n) is 3.45. The Morgan fingerprint density at radius 2 is 2.04 bits per heavy atom. The van der Waals surface area contributed by atoms with Crippen LogP contribution in [0.15, 0.2) is 48.5 Å². The topological polar surface area (TPSA) is 55.6 Å². The van der Waals surface area contributed by atoms with Crippen molar-refractivity contribution in [1.82, 2.24) is 4.90 Å². The molecule has 0 radical (unpaired) electrons. The molecule has 0 spiro atoms. The van der Waals surface area contributed by atoms with Crippen molar-refractivity contribution < 1.29 is 18.3 Å². The first-order chi connectivity index (χ1) is 13.0. The van der Waals surface area contributed by atoms with E-state index >= 15 is 0 Å². The van der Waals surface area contributed by atoms with Crippen LogP contribution in [-0.2, 0) is 11.2 Å². The quantitative estimate of drug-likeness (QED) is 0.809. The van der Waals surface area contributed by atoms with Crippen LogP contribution in [0, 0.1) is 11.6 Å². The Balaban J connectivity index is 1.53. The van der Waals surface area contributed by atoms with E-state index in [0.717, 1.165) is 12.8 Å². The van der Waals surface area contributed by atoms with Crippen LogP contribution in [-0.4, -0.2) is 36.0 Å². The van der Waals surface area contributed by atoms with E-state index in [1.807, 2.05) is 0 Å². The second-order valence-corrected chi connectivity index (χ2v) is 6.91. The zero-order chi connectivity index (χ0) is 19.2. The molecule has 0 unspecified atom stereocenters. The molecule has 1 aliphatic heterocycles. The van der Waals surface area contributed by atoms with E-state index in [0.29, 0.717) is 30.9 Å². The number of halogens is 2. The number of amides is 1. The molecule has 0 aromatic heterocycles. The van der Waals surface area contributed by atoms with E-state index in [4.69, 9.17) is 10.5 Å². The first kappa shape index (κ1) is 19.3. The monoisotopic (exact) mass is 374 g/mol. The molecule has 2 aromatic rings. The highest BCUT2D eigenvalue weighted by atomic mass is 19.1. The van der Waals surface area contributed by atoms with Gasteiger partial charge in [-0.1, -0.05) is 24.3 Å². The van der Waals surface area contributed by atoms with Crippen LogP contribution < -0.4 is 10.5 Å². The van der Waals surface area contributed by atoms with Gasteiger partial charge in [-0.2, -0.15) is 0 Å². The molecule has 3 rings (SSSR count). The molecule has 1 heterocycles. The normalized spacial score (nSPS) is 17.7. The van der Waals surface area contributed by atoms with Crippen LogP contribution in [0.1, 0.15) is 24.8 Å². The van der Waals surface area contributed by atoms with Crippen LogP contribution in [0.4, 0.5) is 8.78 Å². The molecule has 2 N–H and O–H groups in total. The van der Waals surface area contributed by atoms with Gasteiger partial charge in [-0.15, -0.1) is 0 Å². The van der Waals surface area contributed by atoms with Gasteiger partial charge in [-0.05, 0) is 43.0 Å². The second-order valence-electron chi connectivity index (χ2n) is 6.91. The summed E-state index contributed by atoms with van der Waals surface area (Å²) in [6.07, 6.45) is 2.20. The van der Waals surface area contributed by atoms with Gasteiger partial charge in [0.05, 0.1) is 6.04 Å². The molecule has 27 heavy (non-hydrogen) atoms. The minimum absolute atomic E-state index is 0.0517. The van der Waals surface area contributed by atoms with E-state index in [1.54, 1.807) is 35.2 Å². The molecular weight excluding hydrogens is 350 g/mol. The molecule has 0 aliphatic carbocycles. The van der Waals surface area contributed by atoms with Crippen LogP contribution in [0.5, 0.6) is 5.75 Å². The number of hydrogen-bond donors (Lipinski definition) is 1. The zero-order valence-electron chi connectivity index (χ0n) is 15.1. The van der Waals surface area contributed by atoms with Crippen molar-refractivity contribution in [2.75, 3.05) is 13.2 Å². The van der Waals surface area contributed by atoms with Gasteiger partial charge in [0.1, 0.15) is 24.0 Å². The van der Waals surface area contributed by atoms with Gasteiger partial charge >= 0.3 is 0 Å². The average molecular weight is 374 g/mol. The van der Waals surface area contributed by atoms with Gasteiger partial charge in [-0.3, -0.25) is 4.79 Å². The Kier molecular flexibility index (Phi) is 6.40. The predicted octanol–water partition coefficient (Wildman–Crippen LogP) is 3.29. The summed E-state index contributed by atoms with van der Waals surface area (Å²) in [5.41, 5.74) is 6.60. The number of carbonyl (C=O) groups is 1. The second kappa shape index (κ2) is 8.95. The highest BCUT2D eigenvalue weighted by molar-refractivity contribution is 5.77. The number of likely N-dealkylation sites (tertiary alicyclic amines) is 1. The van der Waals surface area contributed by atoms with E-state index in [1.165, 1.54) is 18.2 Å². The molecule has 0 bridgehead atoms. The maximum atomic E-state index is 13.7. The SMILES string of the molecule is N[C@@H](CC(=O)N1CCC[C@H]1COc1cccc(F)c1)Cc1ccccc1F. The van der Waals surface area contributed by atoms with Crippen LogP contribution in [0.25, 0.3) is 0 Å². The molecule has 4 nitrogen and oxygen atoms in total. The lowest BCUT2D eigenvalue weighted by Gasteiger charge is -2.26. The van der Waals surface area contributed by atoms with Gasteiger partial charge in [0, 0.05) is 25.1 Å². The molecule has 2 atom stereocenters. The fraction of sp³-hybridized carbons (Fsp3) is 0.381. The summed E-state index contributed by atoms with van der Waals surface area (Å²) >= 11 is 0. The molecule has 1 fully saturated rings. The third-order valence-corrected chi connectivity index (χ3v) is 4.81. The summed E-state index contributed by atoms with van der Waals surface area (Å²) in [7, 11) is 0. The fourth-order valence-corrected chi connectivity index (χ4v) is 3.45. The lowest BCUT2D eigenvalue weighted by atomic mass is 10.0. The average Bonchev–Trinajstić information content (AvgIpc) is 3.11. The van der Waals surface area contributed by atoms with E-state index < -0.39 is 6.04 Å². The number of carbonyl (C=O) groups excluding carboxylic acids is 1. The van der Waals surface area contributed by atoms with Crippen molar-refractivity contribution in [2.45, 2.75) is 37.8 Å². The van der Waals surface area contributed by atoms with Gasteiger partial charge < -0.3 is 15.4 Å². The third kappa shape index (κ3) is 5.26. The highest BCUT2D eigenvalue weighted by Crippen LogP contribution is 2.21. The largest absolute Gasteiger partial charge is 0.491 e. The van der Waals surface area contributed by atoms with Crippen molar-refractivity contribution >= 4 is 5.91 Å². The van der Waals surface area contributed by atoms with E-state index in [-0.39, 0.29) is 30.0 Å². The number of nitrogens with zero attached hydrogens (tertiary/aromatic N) is 1. The summed E-state index contributed by atoms with van der Waals surface area (Å²) < 4.78 is 32.6. The predicted molar refractivity (Wildman–Crippen MR) is 99.3 cm³/mol. The Morgan fingerprint density at radius 3 is 2.81 bits per heavy atom. The summed E-state index contributed by atoms with van der Waals surface area (Å²) in [4.78, 5) is 14.4. The first-order valence-corrected chi connectivity index (χ1v) is 9.20. The summed E-state index contributed by atoms with van der Waals surface area (Å²) in [6.45, 7) is 0.972. The number of ether oxygens (including phenoxy) is 1. The Bertz CT molecular complexity index is 784. The lowest BCUT2D eigenvalue weighted by molar-refractivity contribution is -0.132. The number of nitrogens with two attached hydrogens (primary N) is 1. The summed E-state index contributed by atoms with van der Waals surface area (Å²) in [6, 6.07) is 11.9. The van der Waals surface area contributed by atoms with Gasteiger partial charge in [0.15, 0.2) is 0 Å². The Labute approximate surface area is 157 Å². The first-order valence-electron chi connectivity index (χ1n) is 9.20. The summed E-state index contributed by atoms with van der Waals surface area (Å²) in [5, 5.41) is 0. The van der Waals surface area contributed by atoms with Crippen molar-refractivity contribution in [2.24, 2.45) is 5.73 Å². The van der Waals surface area contributed by atoms with Crippen molar-refractivity contribution in [3.63, 3.8) is 0 Å². The molecule has 1 amide bonds. The van der Waals surface area contributed by atoms with Crippen molar-refractivity contribution in [3.05, 3.63) is 65.7 Å². The zero-order valence-corrected chi connectivity index (χ0v) is 15.1. The molecule has 6 heteroatoms.